The standard InChI is InChI=1S/C11H14N4O2/c1-8(16)10-7-15(14-13-10)6-9-4-3-5-12-11(9)17-2/h3-5,7-8,16H,6H2,1-2H3. The summed E-state index contributed by atoms with van der Waals surface area (Å²) in [6.45, 7) is 2.16. The first-order chi connectivity index (χ1) is 8.20. The maximum absolute atomic E-state index is 9.35. The van der Waals surface area contributed by atoms with Crippen molar-refractivity contribution < 1.29 is 9.84 Å². The lowest BCUT2D eigenvalue weighted by Gasteiger charge is -2.05. The molecule has 2 rings (SSSR count). The molecule has 0 amide bonds. The summed E-state index contributed by atoms with van der Waals surface area (Å²) in [4.78, 5) is 4.10. The lowest BCUT2D eigenvalue weighted by molar-refractivity contribution is 0.194. The molecule has 0 radical (unpaired) electrons. The zero-order chi connectivity index (χ0) is 12.3. The van der Waals surface area contributed by atoms with Gasteiger partial charge in [0.25, 0.3) is 0 Å². The van der Waals surface area contributed by atoms with E-state index in [-0.39, 0.29) is 0 Å². The van der Waals surface area contributed by atoms with Gasteiger partial charge in [-0.15, -0.1) is 5.10 Å². The Hall–Kier alpha value is -1.95. The van der Waals surface area contributed by atoms with Crippen molar-refractivity contribution in [3.8, 4) is 5.88 Å². The summed E-state index contributed by atoms with van der Waals surface area (Å²) in [6, 6.07) is 3.75. The number of ether oxygens (including phenoxy) is 1. The second kappa shape index (κ2) is 4.92. The van der Waals surface area contributed by atoms with Crippen LogP contribution in [0.1, 0.15) is 24.3 Å². The minimum Gasteiger partial charge on any atom is -0.481 e. The Labute approximate surface area is 98.9 Å². The Bertz CT molecular complexity index is 496. The van der Waals surface area contributed by atoms with E-state index < -0.39 is 6.10 Å². The third kappa shape index (κ3) is 2.59. The number of aromatic nitrogens is 4. The molecule has 6 nitrogen and oxygen atoms in total. The van der Waals surface area contributed by atoms with Crippen molar-refractivity contribution >= 4 is 0 Å². The molecule has 0 saturated carbocycles. The predicted molar refractivity (Wildman–Crippen MR) is 60.5 cm³/mol. The van der Waals surface area contributed by atoms with E-state index in [0.717, 1.165) is 5.56 Å². The second-order valence-electron chi connectivity index (χ2n) is 3.69. The topological polar surface area (TPSA) is 73.1 Å². The van der Waals surface area contributed by atoms with Crippen LogP contribution in [0.2, 0.25) is 0 Å². The Morgan fingerprint density at radius 1 is 1.53 bits per heavy atom. The first kappa shape index (κ1) is 11.5. The zero-order valence-electron chi connectivity index (χ0n) is 9.74. The molecule has 2 heterocycles. The van der Waals surface area contributed by atoms with Gasteiger partial charge in [-0.3, -0.25) is 0 Å². The Kier molecular flexibility index (Phi) is 3.34. The van der Waals surface area contributed by atoms with E-state index in [4.69, 9.17) is 4.74 Å². The molecule has 0 aliphatic carbocycles. The van der Waals surface area contributed by atoms with Crippen LogP contribution in [0.3, 0.4) is 0 Å². The lowest BCUT2D eigenvalue weighted by Crippen LogP contribution is -2.03. The summed E-state index contributed by atoms with van der Waals surface area (Å²) in [5.41, 5.74) is 1.46. The van der Waals surface area contributed by atoms with Crippen LogP contribution in [-0.4, -0.2) is 32.2 Å². The maximum atomic E-state index is 9.35. The van der Waals surface area contributed by atoms with Crippen molar-refractivity contribution in [3.63, 3.8) is 0 Å². The summed E-state index contributed by atoms with van der Waals surface area (Å²) >= 11 is 0. The number of aliphatic hydroxyl groups excluding tert-OH is 1. The molecular formula is C11H14N4O2. The smallest absolute Gasteiger partial charge is 0.218 e. The second-order valence-corrected chi connectivity index (χ2v) is 3.69. The zero-order valence-corrected chi connectivity index (χ0v) is 9.74. The summed E-state index contributed by atoms with van der Waals surface area (Å²) in [7, 11) is 1.58. The molecule has 90 valence electrons. The Balaban J connectivity index is 2.19. The van der Waals surface area contributed by atoms with E-state index in [1.807, 2.05) is 12.1 Å². The lowest BCUT2D eigenvalue weighted by atomic mass is 10.2. The molecule has 0 fully saturated rings. The van der Waals surface area contributed by atoms with Crippen molar-refractivity contribution in [2.75, 3.05) is 7.11 Å². The normalized spacial score (nSPS) is 12.4. The van der Waals surface area contributed by atoms with Gasteiger partial charge in [0.15, 0.2) is 0 Å². The SMILES string of the molecule is COc1ncccc1Cn1cc(C(C)O)nn1. The monoisotopic (exact) mass is 234 g/mol. The summed E-state index contributed by atoms with van der Waals surface area (Å²) in [6.07, 6.45) is 2.77. The van der Waals surface area contributed by atoms with Crippen LogP contribution >= 0.6 is 0 Å². The summed E-state index contributed by atoms with van der Waals surface area (Å²) in [5, 5.41) is 17.2. The van der Waals surface area contributed by atoms with Gasteiger partial charge in [-0.05, 0) is 13.0 Å². The van der Waals surface area contributed by atoms with Gasteiger partial charge in [0.2, 0.25) is 5.88 Å². The third-order valence-corrected chi connectivity index (χ3v) is 2.36. The molecule has 1 N–H and O–H groups in total. The highest BCUT2D eigenvalue weighted by molar-refractivity contribution is 5.25. The molecule has 6 heteroatoms. The van der Waals surface area contributed by atoms with Gasteiger partial charge in [-0.1, -0.05) is 11.3 Å². The van der Waals surface area contributed by atoms with Crippen LogP contribution in [0, 0.1) is 0 Å². The van der Waals surface area contributed by atoms with Crippen molar-refractivity contribution in [2.24, 2.45) is 0 Å². The van der Waals surface area contributed by atoms with Gasteiger partial charge in [0.05, 0.1) is 26.0 Å². The van der Waals surface area contributed by atoms with Crippen molar-refractivity contribution in [3.05, 3.63) is 35.8 Å². The molecule has 0 spiro atoms. The Morgan fingerprint density at radius 3 is 3.00 bits per heavy atom. The van der Waals surface area contributed by atoms with Crippen molar-refractivity contribution in [1.29, 1.82) is 0 Å². The highest BCUT2D eigenvalue weighted by Crippen LogP contribution is 2.15. The molecule has 17 heavy (non-hydrogen) atoms. The molecule has 0 aliphatic heterocycles. The van der Waals surface area contributed by atoms with E-state index in [0.29, 0.717) is 18.1 Å². The van der Waals surface area contributed by atoms with E-state index in [9.17, 15) is 5.11 Å². The number of aliphatic hydroxyl groups is 1. The van der Waals surface area contributed by atoms with Crippen LogP contribution in [0.15, 0.2) is 24.5 Å². The minimum atomic E-state index is -0.612. The quantitative estimate of drug-likeness (QED) is 0.846. The van der Waals surface area contributed by atoms with Crippen LogP contribution < -0.4 is 4.74 Å². The molecule has 2 aromatic rings. The Morgan fingerprint density at radius 2 is 2.35 bits per heavy atom. The molecule has 1 atom stereocenters. The minimum absolute atomic E-state index is 0.511. The molecule has 1 unspecified atom stereocenters. The van der Waals surface area contributed by atoms with E-state index in [1.54, 1.807) is 31.1 Å². The molecule has 2 aromatic heterocycles. The van der Waals surface area contributed by atoms with Gasteiger partial charge in [-0.25, -0.2) is 9.67 Å². The number of nitrogens with zero attached hydrogens (tertiary/aromatic N) is 4. The first-order valence-corrected chi connectivity index (χ1v) is 5.26. The van der Waals surface area contributed by atoms with Crippen LogP contribution in [0.5, 0.6) is 5.88 Å². The molecule has 0 aliphatic rings. The number of hydrogen-bond acceptors (Lipinski definition) is 5. The molecule has 0 bridgehead atoms. The van der Waals surface area contributed by atoms with Gasteiger partial charge in [0.1, 0.15) is 5.69 Å². The van der Waals surface area contributed by atoms with E-state index in [1.165, 1.54) is 0 Å². The number of rotatable bonds is 4. The average molecular weight is 234 g/mol. The maximum Gasteiger partial charge on any atom is 0.218 e. The summed E-state index contributed by atoms with van der Waals surface area (Å²) < 4.78 is 6.79. The fraction of sp³-hybridized carbons (Fsp3) is 0.364. The van der Waals surface area contributed by atoms with Crippen molar-refractivity contribution in [1.82, 2.24) is 20.0 Å². The van der Waals surface area contributed by atoms with Crippen molar-refractivity contribution in [2.45, 2.75) is 19.6 Å². The molecule has 0 saturated heterocycles. The average Bonchev–Trinajstić information content (AvgIpc) is 2.78. The fourth-order valence-electron chi connectivity index (χ4n) is 1.48. The van der Waals surface area contributed by atoms with E-state index in [2.05, 4.69) is 15.3 Å². The molecular weight excluding hydrogens is 220 g/mol. The number of hydrogen-bond donors (Lipinski definition) is 1. The fourth-order valence-corrected chi connectivity index (χ4v) is 1.48. The predicted octanol–water partition coefficient (Wildman–Crippen LogP) is 0.783. The van der Waals surface area contributed by atoms with Crippen LogP contribution in [0.25, 0.3) is 0 Å². The number of methoxy groups -OCH3 is 1. The highest BCUT2D eigenvalue weighted by atomic mass is 16.5. The van der Waals surface area contributed by atoms with Gasteiger partial charge >= 0.3 is 0 Å². The largest absolute Gasteiger partial charge is 0.481 e. The van der Waals surface area contributed by atoms with Gasteiger partial charge in [-0.2, -0.15) is 0 Å². The van der Waals surface area contributed by atoms with Crippen LogP contribution in [-0.2, 0) is 6.54 Å². The third-order valence-electron chi connectivity index (χ3n) is 2.36. The summed E-state index contributed by atoms with van der Waals surface area (Å²) in [5.74, 6) is 0.571. The van der Waals surface area contributed by atoms with Gasteiger partial charge in [0, 0.05) is 11.8 Å². The molecule has 0 aromatic carbocycles. The van der Waals surface area contributed by atoms with Gasteiger partial charge < -0.3 is 9.84 Å². The number of pyridine rings is 1. The van der Waals surface area contributed by atoms with E-state index >= 15 is 0 Å². The highest BCUT2D eigenvalue weighted by Gasteiger charge is 2.09. The van der Waals surface area contributed by atoms with Crippen LogP contribution in [0.4, 0.5) is 0 Å². The first-order valence-electron chi connectivity index (χ1n) is 5.26.